The fourth-order valence-corrected chi connectivity index (χ4v) is 5.57. The molecule has 7 nitrogen and oxygen atoms in total. The molecule has 0 saturated carbocycles. The maximum absolute atomic E-state index is 14.1. The van der Waals surface area contributed by atoms with Crippen molar-refractivity contribution in [1.29, 1.82) is 0 Å². The summed E-state index contributed by atoms with van der Waals surface area (Å²) >= 11 is 0. The Morgan fingerprint density at radius 1 is 0.673 bits per heavy atom. The number of aryl methyl sites for hydroxylation is 1. The molecule has 4 aromatic carbocycles. The maximum atomic E-state index is 14.1. The third-order valence-electron chi connectivity index (χ3n) is 7.98. The zero-order valence-corrected chi connectivity index (χ0v) is 29.4. The molecule has 0 spiro atoms. The number of carbonyl (C=O) groups excluding carboxylic acids is 3. The largest absolute Gasteiger partial charge is 0.461 e. The number of ether oxygens (including phenoxy) is 2. The molecular formula is C42H50N2O5. The Kier molecular flexibility index (Phi) is 13.6. The molecule has 2 atom stereocenters. The second-order valence-electron chi connectivity index (χ2n) is 13.9. The van der Waals surface area contributed by atoms with E-state index in [1.54, 1.807) is 4.90 Å². The van der Waals surface area contributed by atoms with Crippen LogP contribution >= 0.6 is 0 Å². The minimum atomic E-state index is -0.934. The summed E-state index contributed by atoms with van der Waals surface area (Å²) in [4.78, 5) is 42.8. The zero-order chi connectivity index (χ0) is 35.2. The molecule has 0 fully saturated rings. The van der Waals surface area contributed by atoms with Crippen LogP contribution in [0.5, 0.6) is 0 Å². The van der Waals surface area contributed by atoms with Crippen LogP contribution in [-0.4, -0.2) is 47.6 Å². The van der Waals surface area contributed by atoms with Gasteiger partial charge in [-0.3, -0.25) is 4.79 Å². The normalized spacial score (nSPS) is 12.5. The summed E-state index contributed by atoms with van der Waals surface area (Å²) in [5.74, 6) is -1.32. The minimum absolute atomic E-state index is 0.117. The fraction of sp³-hybridized carbons (Fsp3) is 0.357. The smallest absolute Gasteiger partial charge is 0.329 e. The van der Waals surface area contributed by atoms with E-state index in [9.17, 15) is 14.4 Å². The van der Waals surface area contributed by atoms with Crippen molar-refractivity contribution < 1.29 is 23.9 Å². The molecule has 0 bridgehead atoms. The van der Waals surface area contributed by atoms with Crippen LogP contribution in [0.3, 0.4) is 0 Å². The predicted molar refractivity (Wildman–Crippen MR) is 195 cm³/mol. The van der Waals surface area contributed by atoms with Crippen LogP contribution in [0.25, 0.3) is 11.1 Å². The molecule has 2 amide bonds. The number of urea groups is 1. The molecule has 0 radical (unpaired) electrons. The molecule has 0 heterocycles. The molecule has 258 valence electrons. The Bertz CT molecular complexity index is 1600. The third-order valence-corrected chi connectivity index (χ3v) is 7.98. The number of esters is 2. The Morgan fingerprint density at radius 2 is 1.22 bits per heavy atom. The first-order valence-electron chi connectivity index (χ1n) is 17.1. The molecule has 4 rings (SSSR count). The van der Waals surface area contributed by atoms with Crippen LogP contribution < -0.4 is 5.32 Å². The summed E-state index contributed by atoms with van der Waals surface area (Å²) in [5.41, 5.74) is 4.31. The Labute approximate surface area is 291 Å². The van der Waals surface area contributed by atoms with Crippen LogP contribution in [-0.2, 0) is 38.5 Å². The van der Waals surface area contributed by atoms with E-state index in [2.05, 4.69) is 5.32 Å². The first-order chi connectivity index (χ1) is 23.5. The van der Waals surface area contributed by atoms with Gasteiger partial charge in [0.15, 0.2) is 0 Å². The fourth-order valence-electron chi connectivity index (χ4n) is 5.57. The number of hydrogen-bond acceptors (Lipinski definition) is 5. The van der Waals surface area contributed by atoms with Crippen molar-refractivity contribution >= 4 is 18.0 Å². The summed E-state index contributed by atoms with van der Waals surface area (Å²) in [6, 6.07) is 36.2. The second-order valence-corrected chi connectivity index (χ2v) is 13.9. The average Bonchev–Trinajstić information content (AvgIpc) is 3.09. The summed E-state index contributed by atoms with van der Waals surface area (Å²) in [5, 5.41) is 2.98. The lowest BCUT2D eigenvalue weighted by molar-refractivity contribution is -0.157. The van der Waals surface area contributed by atoms with Crippen molar-refractivity contribution in [1.82, 2.24) is 10.2 Å². The van der Waals surface area contributed by atoms with Gasteiger partial charge >= 0.3 is 18.0 Å². The van der Waals surface area contributed by atoms with E-state index >= 15 is 0 Å². The molecule has 0 aliphatic carbocycles. The van der Waals surface area contributed by atoms with E-state index in [-0.39, 0.29) is 31.5 Å². The Morgan fingerprint density at radius 3 is 1.80 bits per heavy atom. The second kappa shape index (κ2) is 18.0. The number of nitrogens with one attached hydrogen (secondary N) is 1. The van der Waals surface area contributed by atoms with E-state index in [1.807, 2.05) is 150 Å². The molecule has 7 heteroatoms. The Hall–Kier alpha value is -4.91. The first kappa shape index (κ1) is 36.9. The third kappa shape index (κ3) is 12.6. The highest BCUT2D eigenvalue weighted by Gasteiger charge is 2.31. The van der Waals surface area contributed by atoms with Crippen LogP contribution in [0.1, 0.15) is 57.7 Å². The van der Waals surface area contributed by atoms with Crippen LogP contribution in [0.15, 0.2) is 115 Å². The van der Waals surface area contributed by atoms with E-state index < -0.39 is 29.6 Å². The minimum Gasteiger partial charge on any atom is -0.461 e. The van der Waals surface area contributed by atoms with Gasteiger partial charge in [0, 0.05) is 19.5 Å². The van der Waals surface area contributed by atoms with Gasteiger partial charge in [-0.25, -0.2) is 9.59 Å². The van der Waals surface area contributed by atoms with Crippen LogP contribution in [0.4, 0.5) is 4.79 Å². The number of carbonyl (C=O) groups is 3. The highest BCUT2D eigenvalue weighted by molar-refractivity contribution is 5.84. The van der Waals surface area contributed by atoms with Gasteiger partial charge in [-0.05, 0) is 67.3 Å². The first-order valence-corrected chi connectivity index (χ1v) is 17.1. The van der Waals surface area contributed by atoms with Crippen molar-refractivity contribution in [2.75, 3.05) is 13.1 Å². The lowest BCUT2D eigenvalue weighted by atomic mass is 9.98. The van der Waals surface area contributed by atoms with Crippen molar-refractivity contribution in [3.8, 4) is 11.1 Å². The summed E-state index contributed by atoms with van der Waals surface area (Å²) in [6.45, 7) is 10.2. The number of amides is 2. The molecule has 1 unspecified atom stereocenters. The van der Waals surface area contributed by atoms with Crippen molar-refractivity contribution in [2.24, 2.45) is 11.8 Å². The number of hydrogen-bond donors (Lipinski definition) is 1. The van der Waals surface area contributed by atoms with Gasteiger partial charge in [0.1, 0.15) is 18.2 Å². The molecule has 0 aliphatic rings. The standard InChI is InChI=1S/C42H50N2O5/c1-31(2)28-44(29-37(26-21-32-15-9-6-10-16-32)39(45)48-30-34-17-11-7-12-18-34)41(47)43-38(40(46)49-42(3,4)5)27-33-22-24-36(25-23-33)35-19-13-8-14-20-35/h6-20,22-25,31,37-38H,21,26-30H2,1-5H3,(H,43,47)/t37?,38-/m0/s1. The highest BCUT2D eigenvalue weighted by Crippen LogP contribution is 2.21. The van der Waals surface area contributed by atoms with Crippen LogP contribution in [0, 0.1) is 11.8 Å². The van der Waals surface area contributed by atoms with E-state index in [0.717, 1.165) is 27.8 Å². The number of benzene rings is 4. The van der Waals surface area contributed by atoms with Crippen molar-refractivity contribution in [2.45, 2.75) is 72.1 Å². The lowest BCUT2D eigenvalue weighted by Crippen LogP contribution is -2.52. The monoisotopic (exact) mass is 662 g/mol. The molecule has 0 aliphatic heterocycles. The topological polar surface area (TPSA) is 84.9 Å². The zero-order valence-electron chi connectivity index (χ0n) is 29.4. The van der Waals surface area contributed by atoms with Gasteiger partial charge in [0.05, 0.1) is 5.92 Å². The van der Waals surface area contributed by atoms with E-state index in [1.165, 1.54) is 0 Å². The molecule has 1 N–H and O–H groups in total. The summed E-state index contributed by atoms with van der Waals surface area (Å²) in [7, 11) is 0. The van der Waals surface area contributed by atoms with E-state index in [0.29, 0.717) is 19.4 Å². The molecule has 4 aromatic rings. The molecule has 0 aromatic heterocycles. The summed E-state index contributed by atoms with van der Waals surface area (Å²) in [6.07, 6.45) is 1.41. The number of rotatable bonds is 15. The maximum Gasteiger partial charge on any atom is 0.329 e. The van der Waals surface area contributed by atoms with Gasteiger partial charge in [-0.1, -0.05) is 129 Å². The quantitative estimate of drug-likeness (QED) is 0.130. The molecular weight excluding hydrogens is 612 g/mol. The SMILES string of the molecule is CC(C)CN(CC(CCc1ccccc1)C(=O)OCc1ccccc1)C(=O)N[C@@H](Cc1ccc(-c2ccccc2)cc1)C(=O)OC(C)(C)C. The van der Waals surface area contributed by atoms with Crippen molar-refractivity contribution in [3.05, 3.63) is 132 Å². The van der Waals surface area contributed by atoms with Gasteiger partial charge < -0.3 is 19.7 Å². The van der Waals surface area contributed by atoms with Gasteiger partial charge in [0.25, 0.3) is 0 Å². The van der Waals surface area contributed by atoms with Gasteiger partial charge in [-0.2, -0.15) is 0 Å². The predicted octanol–water partition coefficient (Wildman–Crippen LogP) is 8.27. The van der Waals surface area contributed by atoms with Crippen molar-refractivity contribution in [3.63, 3.8) is 0 Å². The number of nitrogens with zero attached hydrogens (tertiary/aromatic N) is 1. The Balaban J connectivity index is 1.53. The summed E-state index contributed by atoms with van der Waals surface area (Å²) < 4.78 is 11.5. The van der Waals surface area contributed by atoms with Gasteiger partial charge in [0.2, 0.25) is 0 Å². The molecule has 49 heavy (non-hydrogen) atoms. The lowest BCUT2D eigenvalue weighted by Gasteiger charge is -2.31. The average molecular weight is 663 g/mol. The van der Waals surface area contributed by atoms with Gasteiger partial charge in [-0.15, -0.1) is 0 Å². The van der Waals surface area contributed by atoms with Crippen LogP contribution in [0.2, 0.25) is 0 Å². The highest BCUT2D eigenvalue weighted by atomic mass is 16.6. The van der Waals surface area contributed by atoms with E-state index in [4.69, 9.17) is 9.47 Å². The molecule has 0 saturated heterocycles.